The number of piperidine rings is 2. The van der Waals surface area contributed by atoms with E-state index in [1.165, 1.54) is 0 Å². The fourth-order valence-electron chi connectivity index (χ4n) is 7.81. The van der Waals surface area contributed by atoms with Crippen molar-refractivity contribution in [2.24, 2.45) is 0 Å². The molecule has 2 aliphatic rings. The second kappa shape index (κ2) is 14.3. The largest absolute Gasteiger partial charge is 0.467 e. The second-order valence-electron chi connectivity index (χ2n) is 15.8. The van der Waals surface area contributed by atoms with Crippen LogP contribution in [0.25, 0.3) is 0 Å². The summed E-state index contributed by atoms with van der Waals surface area (Å²) in [5.41, 5.74) is -0.0825. The van der Waals surface area contributed by atoms with E-state index in [2.05, 4.69) is 99.1 Å². The van der Waals surface area contributed by atoms with Crippen LogP contribution in [0, 0.1) is 0 Å². The van der Waals surface area contributed by atoms with Gasteiger partial charge in [-0.05, 0) is 108 Å². The van der Waals surface area contributed by atoms with Crippen LogP contribution in [0.3, 0.4) is 0 Å². The molecule has 0 saturated carbocycles. The molecule has 270 valence electrons. The number of hydrogen-bond donors (Lipinski definition) is 0. The number of hydrogen-bond acceptors (Lipinski definition) is 14. The molecule has 2 aromatic rings. The first-order valence-electron chi connectivity index (χ1n) is 17.1. The molecule has 4 rings (SSSR count). The number of ether oxygens (including phenoxy) is 4. The van der Waals surface area contributed by atoms with Gasteiger partial charge in [0.15, 0.2) is 0 Å². The molecule has 48 heavy (non-hydrogen) atoms. The van der Waals surface area contributed by atoms with Crippen molar-refractivity contribution in [3.8, 4) is 24.0 Å². The molecule has 4 heterocycles. The Morgan fingerprint density at radius 2 is 0.750 bits per heavy atom. The fraction of sp³-hybridized carbons (Fsp3) is 0.824. The highest BCUT2D eigenvalue weighted by atomic mass is 16.5. The summed E-state index contributed by atoms with van der Waals surface area (Å²) in [6.07, 6.45) is 5.61. The number of likely N-dealkylation sites (tertiary alicyclic amines) is 2. The quantitative estimate of drug-likeness (QED) is 0.277. The van der Waals surface area contributed by atoms with Crippen LogP contribution in [0.2, 0.25) is 0 Å². The molecule has 2 fully saturated rings. The van der Waals surface area contributed by atoms with Crippen LogP contribution in [0.1, 0.15) is 93.9 Å². The molecule has 0 N–H and O–H groups in total. The Labute approximate surface area is 288 Å². The SMILES string of the molecule is COc1nc(OC)nc(N(CCCCN(c2nc(OC)nc(OC)n2)C2CC(C)(C)N(C)C(C)(C)C2)C2CC(C)(C)N(C)C(C)(C)C2)n1. The average Bonchev–Trinajstić information content (AvgIpc) is 3.02. The number of nitrogens with zero attached hydrogens (tertiary/aromatic N) is 10. The van der Waals surface area contributed by atoms with Gasteiger partial charge in [0, 0.05) is 47.3 Å². The van der Waals surface area contributed by atoms with Crippen LogP contribution < -0.4 is 28.7 Å². The van der Waals surface area contributed by atoms with Gasteiger partial charge in [-0.25, -0.2) is 0 Å². The third-order valence-electron chi connectivity index (χ3n) is 10.9. The first kappa shape index (κ1) is 37.6. The standard InChI is InChI=1S/C34H60N10O4/c1-31(2)19-23(20-32(3,4)41(31)9)43(25-35-27(45-11)39-28(36-25)46-12)17-15-16-18-44(26-37-29(47-13)40-30(38-26)48-14)24-21-33(5,6)42(10)34(7,8)22-24/h23-24H,15-22H2,1-14H3. The highest BCUT2D eigenvalue weighted by Crippen LogP contribution is 2.41. The van der Waals surface area contributed by atoms with Crippen molar-refractivity contribution in [1.29, 1.82) is 0 Å². The zero-order chi connectivity index (χ0) is 35.7. The Morgan fingerprint density at radius 3 is 0.979 bits per heavy atom. The van der Waals surface area contributed by atoms with Crippen molar-refractivity contribution >= 4 is 11.9 Å². The zero-order valence-corrected chi connectivity index (χ0v) is 31.9. The zero-order valence-electron chi connectivity index (χ0n) is 31.9. The summed E-state index contributed by atoms with van der Waals surface area (Å²) >= 11 is 0. The number of methoxy groups -OCH3 is 4. The van der Waals surface area contributed by atoms with Crippen molar-refractivity contribution in [2.45, 2.75) is 128 Å². The lowest BCUT2D eigenvalue weighted by Crippen LogP contribution is -2.63. The van der Waals surface area contributed by atoms with Gasteiger partial charge < -0.3 is 28.7 Å². The van der Waals surface area contributed by atoms with Crippen molar-refractivity contribution in [2.75, 3.05) is 65.4 Å². The Hall–Kier alpha value is -3.26. The Balaban J connectivity index is 1.64. The number of aromatic nitrogens is 6. The topological polar surface area (TPSA) is 127 Å². The molecule has 0 unspecified atom stereocenters. The molecule has 0 spiro atoms. The van der Waals surface area contributed by atoms with E-state index in [9.17, 15) is 0 Å². The first-order chi connectivity index (χ1) is 22.4. The van der Waals surface area contributed by atoms with E-state index in [4.69, 9.17) is 38.9 Å². The van der Waals surface area contributed by atoms with Crippen LogP contribution in [0.15, 0.2) is 0 Å². The molecule has 14 nitrogen and oxygen atoms in total. The maximum absolute atomic E-state index is 5.46. The van der Waals surface area contributed by atoms with Gasteiger partial charge in [0.25, 0.3) is 0 Å². The molecule has 0 amide bonds. The molecular weight excluding hydrogens is 612 g/mol. The third-order valence-corrected chi connectivity index (χ3v) is 10.9. The van der Waals surface area contributed by atoms with E-state index in [-0.39, 0.29) is 58.3 Å². The maximum atomic E-state index is 5.46. The van der Waals surface area contributed by atoms with Gasteiger partial charge in [-0.1, -0.05) is 0 Å². The third kappa shape index (κ3) is 8.12. The number of unbranched alkanes of at least 4 members (excludes halogenated alkanes) is 1. The highest BCUT2D eigenvalue weighted by molar-refractivity contribution is 5.37. The predicted molar refractivity (Wildman–Crippen MR) is 188 cm³/mol. The monoisotopic (exact) mass is 672 g/mol. The smallest absolute Gasteiger partial charge is 0.324 e. The number of rotatable bonds is 13. The minimum Gasteiger partial charge on any atom is -0.467 e. The van der Waals surface area contributed by atoms with Crippen LogP contribution in [-0.2, 0) is 0 Å². The van der Waals surface area contributed by atoms with Gasteiger partial charge in [-0.2, -0.15) is 19.9 Å². The normalized spacial score (nSPS) is 21.0. The minimum absolute atomic E-state index is 0.0206. The van der Waals surface area contributed by atoms with E-state index in [0.29, 0.717) is 11.9 Å². The molecule has 14 heteroatoms. The lowest BCUT2D eigenvalue weighted by molar-refractivity contribution is -0.0137. The molecule has 0 radical (unpaired) electrons. The van der Waals surface area contributed by atoms with E-state index >= 15 is 0 Å². The Bertz CT molecular complexity index is 1200. The van der Waals surface area contributed by atoms with Crippen LogP contribution >= 0.6 is 0 Å². The van der Waals surface area contributed by atoms with E-state index in [0.717, 1.165) is 51.6 Å². The van der Waals surface area contributed by atoms with E-state index < -0.39 is 0 Å². The van der Waals surface area contributed by atoms with Crippen molar-refractivity contribution < 1.29 is 18.9 Å². The molecule has 2 aromatic heterocycles. The van der Waals surface area contributed by atoms with Gasteiger partial charge in [0.1, 0.15) is 0 Å². The summed E-state index contributed by atoms with van der Waals surface area (Å²) in [5.74, 6) is 1.14. The molecule has 2 saturated heterocycles. The van der Waals surface area contributed by atoms with Gasteiger partial charge in [0.2, 0.25) is 11.9 Å². The lowest BCUT2D eigenvalue weighted by atomic mass is 9.77. The lowest BCUT2D eigenvalue weighted by Gasteiger charge is -2.55. The van der Waals surface area contributed by atoms with E-state index in [1.54, 1.807) is 28.4 Å². The predicted octanol–water partition coefficient (Wildman–Crippen LogP) is 4.49. The van der Waals surface area contributed by atoms with Gasteiger partial charge in [-0.3, -0.25) is 9.80 Å². The summed E-state index contributed by atoms with van der Waals surface area (Å²) in [6.45, 7) is 20.0. The van der Waals surface area contributed by atoms with Crippen LogP contribution in [0.4, 0.5) is 11.9 Å². The van der Waals surface area contributed by atoms with Gasteiger partial charge in [0.05, 0.1) is 28.4 Å². The van der Waals surface area contributed by atoms with Gasteiger partial charge >= 0.3 is 24.0 Å². The summed E-state index contributed by atoms with van der Waals surface area (Å²) < 4.78 is 21.8. The van der Waals surface area contributed by atoms with Crippen molar-refractivity contribution in [3.63, 3.8) is 0 Å². The molecule has 2 aliphatic heterocycles. The van der Waals surface area contributed by atoms with E-state index in [1.807, 2.05) is 0 Å². The summed E-state index contributed by atoms with van der Waals surface area (Å²) in [4.78, 5) is 37.1. The molecule has 0 bridgehead atoms. The Morgan fingerprint density at radius 1 is 0.500 bits per heavy atom. The molecule has 0 aromatic carbocycles. The van der Waals surface area contributed by atoms with Crippen LogP contribution in [-0.4, -0.2) is 130 Å². The van der Waals surface area contributed by atoms with Crippen molar-refractivity contribution in [1.82, 2.24) is 39.7 Å². The average molecular weight is 673 g/mol. The second-order valence-corrected chi connectivity index (χ2v) is 15.8. The van der Waals surface area contributed by atoms with Crippen molar-refractivity contribution in [3.05, 3.63) is 0 Å². The fourth-order valence-corrected chi connectivity index (χ4v) is 7.81. The van der Waals surface area contributed by atoms with Crippen LogP contribution in [0.5, 0.6) is 24.0 Å². The maximum Gasteiger partial charge on any atom is 0.324 e. The number of anilines is 2. The highest BCUT2D eigenvalue weighted by Gasteiger charge is 2.47. The summed E-state index contributed by atoms with van der Waals surface area (Å²) in [6, 6.07) is 1.36. The summed E-state index contributed by atoms with van der Waals surface area (Å²) in [5, 5.41) is 0. The molecular formula is C34H60N10O4. The van der Waals surface area contributed by atoms with Gasteiger partial charge in [-0.15, -0.1) is 9.97 Å². The Kier molecular flexibility index (Phi) is 11.2. The molecule has 0 atom stereocenters. The first-order valence-corrected chi connectivity index (χ1v) is 17.1. The minimum atomic E-state index is -0.0206. The molecule has 0 aliphatic carbocycles. The summed E-state index contributed by atoms with van der Waals surface area (Å²) in [7, 11) is 10.7.